The van der Waals surface area contributed by atoms with E-state index in [2.05, 4.69) is 38.1 Å². The maximum absolute atomic E-state index is 5.54. The summed E-state index contributed by atoms with van der Waals surface area (Å²) in [6.45, 7) is 0. The fourth-order valence-electron chi connectivity index (χ4n) is 2.65. The van der Waals surface area contributed by atoms with Gasteiger partial charge in [0.2, 0.25) is 5.89 Å². The lowest BCUT2D eigenvalue weighted by molar-refractivity contribution is 0.554. The van der Waals surface area contributed by atoms with E-state index >= 15 is 0 Å². The number of hydrogen-bond donors (Lipinski definition) is 0. The van der Waals surface area contributed by atoms with E-state index in [1.54, 1.807) is 12.4 Å². The summed E-state index contributed by atoms with van der Waals surface area (Å²) in [7, 11) is 0. The summed E-state index contributed by atoms with van der Waals surface area (Å²) < 4.78 is 5.54. The van der Waals surface area contributed by atoms with Gasteiger partial charge in [-0.2, -0.15) is 0 Å². The number of pyridine rings is 2. The SMILES string of the molecule is C(#Cc1nnc(-c2cccnc2)o1)c1ccc2c(n1)CCCC2. The number of fused-ring (bicyclic) bond motifs is 1. The average Bonchev–Trinajstić information content (AvgIpc) is 3.10. The number of aryl methyl sites for hydroxylation is 2. The molecule has 0 saturated carbocycles. The highest BCUT2D eigenvalue weighted by Gasteiger charge is 2.10. The molecule has 0 aromatic carbocycles. The Kier molecular flexibility index (Phi) is 3.57. The van der Waals surface area contributed by atoms with Crippen LogP contribution in [0.15, 0.2) is 41.1 Å². The third-order valence-electron chi connectivity index (χ3n) is 3.81. The first kappa shape index (κ1) is 13.6. The van der Waals surface area contributed by atoms with Crippen molar-refractivity contribution in [2.24, 2.45) is 0 Å². The molecule has 4 rings (SSSR count). The summed E-state index contributed by atoms with van der Waals surface area (Å²) in [6.07, 6.45) is 7.98. The summed E-state index contributed by atoms with van der Waals surface area (Å²) in [4.78, 5) is 8.65. The third kappa shape index (κ3) is 2.97. The van der Waals surface area contributed by atoms with Gasteiger partial charge in [0, 0.05) is 24.0 Å². The molecular formula is C18H14N4O. The van der Waals surface area contributed by atoms with Gasteiger partial charge in [-0.25, -0.2) is 4.98 Å². The Balaban J connectivity index is 1.58. The van der Waals surface area contributed by atoms with Gasteiger partial charge in [-0.1, -0.05) is 11.2 Å². The number of aromatic nitrogens is 4. The predicted molar refractivity (Wildman–Crippen MR) is 84.4 cm³/mol. The van der Waals surface area contributed by atoms with Crippen LogP contribution in [0.3, 0.4) is 0 Å². The Morgan fingerprint density at radius 1 is 1.00 bits per heavy atom. The Bertz CT molecular complexity index is 890. The van der Waals surface area contributed by atoms with Crippen molar-refractivity contribution >= 4 is 0 Å². The zero-order valence-electron chi connectivity index (χ0n) is 12.5. The lowest BCUT2D eigenvalue weighted by atomic mass is 9.96. The van der Waals surface area contributed by atoms with Crippen LogP contribution in [0.5, 0.6) is 0 Å². The summed E-state index contributed by atoms with van der Waals surface area (Å²) in [5.41, 5.74) is 4.04. The van der Waals surface area contributed by atoms with Crippen molar-refractivity contribution in [2.45, 2.75) is 25.7 Å². The molecule has 0 amide bonds. The molecule has 112 valence electrons. The second-order valence-corrected chi connectivity index (χ2v) is 5.41. The Morgan fingerprint density at radius 3 is 2.87 bits per heavy atom. The molecule has 3 heterocycles. The second kappa shape index (κ2) is 6.01. The molecule has 1 aliphatic rings. The highest BCUT2D eigenvalue weighted by molar-refractivity contribution is 5.50. The molecule has 5 heteroatoms. The molecule has 0 aliphatic heterocycles. The van der Waals surface area contributed by atoms with Gasteiger partial charge in [0.25, 0.3) is 5.89 Å². The van der Waals surface area contributed by atoms with Crippen LogP contribution in [0.2, 0.25) is 0 Å². The predicted octanol–water partition coefficient (Wildman–Crippen LogP) is 2.81. The van der Waals surface area contributed by atoms with Gasteiger partial charge in [0.15, 0.2) is 0 Å². The molecular weight excluding hydrogens is 288 g/mol. The van der Waals surface area contributed by atoms with Gasteiger partial charge in [0.05, 0.1) is 5.56 Å². The van der Waals surface area contributed by atoms with Crippen molar-refractivity contribution in [3.8, 4) is 23.3 Å². The van der Waals surface area contributed by atoms with Gasteiger partial charge in [-0.15, -0.1) is 5.10 Å². The number of rotatable bonds is 1. The monoisotopic (exact) mass is 302 g/mol. The van der Waals surface area contributed by atoms with Crippen molar-refractivity contribution in [1.29, 1.82) is 0 Å². The molecule has 3 aromatic heterocycles. The van der Waals surface area contributed by atoms with E-state index in [4.69, 9.17) is 4.42 Å². The molecule has 0 spiro atoms. The number of hydrogen-bond acceptors (Lipinski definition) is 5. The van der Waals surface area contributed by atoms with Crippen LogP contribution < -0.4 is 0 Å². The maximum atomic E-state index is 5.54. The van der Waals surface area contributed by atoms with Crippen LogP contribution in [0.1, 0.15) is 35.7 Å². The fraction of sp³-hybridized carbons (Fsp3) is 0.222. The van der Waals surface area contributed by atoms with Gasteiger partial charge < -0.3 is 4.42 Å². The molecule has 5 nitrogen and oxygen atoms in total. The van der Waals surface area contributed by atoms with E-state index < -0.39 is 0 Å². The van der Waals surface area contributed by atoms with E-state index in [0.717, 1.165) is 24.1 Å². The Labute approximate surface area is 133 Å². The molecule has 0 N–H and O–H groups in total. The topological polar surface area (TPSA) is 64.7 Å². The zero-order chi connectivity index (χ0) is 15.5. The molecule has 23 heavy (non-hydrogen) atoms. The average molecular weight is 302 g/mol. The van der Waals surface area contributed by atoms with Crippen molar-refractivity contribution in [1.82, 2.24) is 20.2 Å². The fourth-order valence-corrected chi connectivity index (χ4v) is 2.65. The van der Waals surface area contributed by atoms with E-state index in [1.165, 1.54) is 24.1 Å². The summed E-state index contributed by atoms with van der Waals surface area (Å²) >= 11 is 0. The van der Waals surface area contributed by atoms with E-state index in [0.29, 0.717) is 5.89 Å². The standard InChI is InChI=1S/C18H14N4O/c1-2-6-16-13(4-1)7-8-15(20-16)9-10-17-21-22-18(23-17)14-5-3-11-19-12-14/h3,5,7-8,11-12H,1-2,4,6H2. The van der Waals surface area contributed by atoms with Crippen LogP contribution in [0.4, 0.5) is 0 Å². The van der Waals surface area contributed by atoms with Crippen LogP contribution >= 0.6 is 0 Å². The summed E-state index contributed by atoms with van der Waals surface area (Å²) in [6, 6.07) is 7.76. The number of nitrogens with zero attached hydrogens (tertiary/aromatic N) is 4. The molecule has 1 aliphatic carbocycles. The first-order valence-corrected chi connectivity index (χ1v) is 7.63. The lowest BCUT2D eigenvalue weighted by Gasteiger charge is -2.13. The molecule has 0 bridgehead atoms. The van der Waals surface area contributed by atoms with E-state index in [-0.39, 0.29) is 5.89 Å². The minimum absolute atomic E-state index is 0.281. The van der Waals surface area contributed by atoms with E-state index in [1.807, 2.05) is 18.2 Å². The Morgan fingerprint density at radius 2 is 1.96 bits per heavy atom. The highest BCUT2D eigenvalue weighted by Crippen LogP contribution is 2.19. The molecule has 0 atom stereocenters. The first-order valence-electron chi connectivity index (χ1n) is 7.63. The molecule has 0 radical (unpaired) electrons. The molecule has 3 aromatic rings. The van der Waals surface area contributed by atoms with Gasteiger partial charge in [0.1, 0.15) is 5.69 Å². The summed E-state index contributed by atoms with van der Waals surface area (Å²) in [5, 5.41) is 7.94. The van der Waals surface area contributed by atoms with Crippen LogP contribution in [0.25, 0.3) is 11.5 Å². The Hall–Kier alpha value is -3.00. The zero-order valence-corrected chi connectivity index (χ0v) is 12.5. The second-order valence-electron chi connectivity index (χ2n) is 5.41. The van der Waals surface area contributed by atoms with Crippen LogP contribution in [0, 0.1) is 11.8 Å². The van der Waals surface area contributed by atoms with Crippen molar-refractivity contribution in [2.75, 3.05) is 0 Å². The van der Waals surface area contributed by atoms with Crippen molar-refractivity contribution in [3.63, 3.8) is 0 Å². The van der Waals surface area contributed by atoms with Gasteiger partial charge in [-0.3, -0.25) is 4.98 Å². The van der Waals surface area contributed by atoms with E-state index in [9.17, 15) is 0 Å². The third-order valence-corrected chi connectivity index (χ3v) is 3.81. The van der Waals surface area contributed by atoms with Crippen molar-refractivity contribution in [3.05, 3.63) is 59.5 Å². The lowest BCUT2D eigenvalue weighted by Crippen LogP contribution is -2.05. The summed E-state index contributed by atoms with van der Waals surface area (Å²) in [5.74, 6) is 6.59. The highest BCUT2D eigenvalue weighted by atomic mass is 16.4. The van der Waals surface area contributed by atoms with Crippen LogP contribution in [-0.2, 0) is 12.8 Å². The maximum Gasteiger partial charge on any atom is 0.294 e. The smallest absolute Gasteiger partial charge is 0.294 e. The normalized spacial score (nSPS) is 13.0. The van der Waals surface area contributed by atoms with Gasteiger partial charge in [-0.05, 0) is 55.4 Å². The first-order chi connectivity index (χ1) is 11.4. The largest absolute Gasteiger partial charge is 0.410 e. The molecule has 0 unspecified atom stereocenters. The van der Waals surface area contributed by atoms with Crippen LogP contribution in [-0.4, -0.2) is 20.2 Å². The van der Waals surface area contributed by atoms with Crippen molar-refractivity contribution < 1.29 is 4.42 Å². The van der Waals surface area contributed by atoms with Gasteiger partial charge >= 0.3 is 0 Å². The minimum atomic E-state index is 0.281. The minimum Gasteiger partial charge on any atom is -0.410 e. The quantitative estimate of drug-likeness (QED) is 0.647. The molecule has 0 fully saturated rings. The molecule has 0 saturated heterocycles.